The zero-order chi connectivity index (χ0) is 12.4. The van der Waals surface area contributed by atoms with Crippen LogP contribution < -0.4 is 10.1 Å². The van der Waals surface area contributed by atoms with Crippen molar-refractivity contribution >= 4 is 16.8 Å². The summed E-state index contributed by atoms with van der Waals surface area (Å²) in [4.78, 5) is 11.0. The molecule has 0 radical (unpaired) electrons. The summed E-state index contributed by atoms with van der Waals surface area (Å²) >= 11 is 0. The second kappa shape index (κ2) is 4.45. The number of aromatic amines is 1. The molecule has 0 unspecified atom stereocenters. The van der Waals surface area contributed by atoms with Gasteiger partial charge in [-0.1, -0.05) is 0 Å². The highest BCUT2D eigenvalue weighted by atomic mass is 16.5. The zero-order valence-electron chi connectivity index (χ0n) is 10.1. The molecule has 17 heavy (non-hydrogen) atoms. The number of carbonyl (C=O) groups is 1. The summed E-state index contributed by atoms with van der Waals surface area (Å²) in [6.45, 7) is 3.92. The topological polar surface area (TPSA) is 67.0 Å². The fourth-order valence-electron chi connectivity index (χ4n) is 1.87. The van der Waals surface area contributed by atoms with E-state index in [1.807, 2.05) is 13.0 Å². The molecule has 0 fully saturated rings. The van der Waals surface area contributed by atoms with Gasteiger partial charge in [0.05, 0.1) is 18.8 Å². The second-order valence-corrected chi connectivity index (χ2v) is 3.94. The largest absolute Gasteiger partial charge is 0.496 e. The number of rotatable bonds is 3. The molecule has 0 saturated heterocycles. The van der Waals surface area contributed by atoms with Gasteiger partial charge in [0.2, 0.25) is 5.91 Å². The van der Waals surface area contributed by atoms with Crippen LogP contribution in [0.15, 0.2) is 12.3 Å². The molecule has 0 atom stereocenters. The highest BCUT2D eigenvalue weighted by molar-refractivity contribution is 5.87. The van der Waals surface area contributed by atoms with Crippen LogP contribution in [-0.4, -0.2) is 23.2 Å². The minimum absolute atomic E-state index is 0.0692. The third-order valence-electron chi connectivity index (χ3n) is 2.75. The van der Waals surface area contributed by atoms with Gasteiger partial charge in [-0.05, 0) is 18.6 Å². The first kappa shape index (κ1) is 11.4. The molecule has 1 heterocycles. The first-order valence-electron chi connectivity index (χ1n) is 5.37. The van der Waals surface area contributed by atoms with E-state index >= 15 is 0 Å². The van der Waals surface area contributed by atoms with Gasteiger partial charge in [0, 0.05) is 24.4 Å². The standard InChI is InChI=1S/C12H15N3O2/c1-7-4-11(17-3)10(5-13-8(2)16)12-9(7)6-14-15-12/h4,6H,5H2,1-3H3,(H,13,16)(H,14,15). The maximum absolute atomic E-state index is 11.0. The van der Waals surface area contributed by atoms with Gasteiger partial charge < -0.3 is 10.1 Å². The van der Waals surface area contributed by atoms with E-state index in [2.05, 4.69) is 15.5 Å². The van der Waals surface area contributed by atoms with Gasteiger partial charge in [-0.2, -0.15) is 5.10 Å². The van der Waals surface area contributed by atoms with E-state index in [9.17, 15) is 4.79 Å². The third-order valence-corrected chi connectivity index (χ3v) is 2.75. The smallest absolute Gasteiger partial charge is 0.217 e. The Morgan fingerprint density at radius 1 is 1.59 bits per heavy atom. The van der Waals surface area contributed by atoms with Crippen LogP contribution in [0.3, 0.4) is 0 Å². The van der Waals surface area contributed by atoms with E-state index in [1.165, 1.54) is 6.92 Å². The number of methoxy groups -OCH3 is 1. The van der Waals surface area contributed by atoms with Crippen molar-refractivity contribution in [2.75, 3.05) is 7.11 Å². The lowest BCUT2D eigenvalue weighted by atomic mass is 10.1. The molecule has 5 nitrogen and oxygen atoms in total. The lowest BCUT2D eigenvalue weighted by Gasteiger charge is -2.11. The van der Waals surface area contributed by atoms with Gasteiger partial charge in [0.15, 0.2) is 0 Å². The maximum atomic E-state index is 11.0. The summed E-state index contributed by atoms with van der Waals surface area (Å²) in [6, 6.07) is 1.95. The van der Waals surface area contributed by atoms with Crippen molar-refractivity contribution in [1.82, 2.24) is 15.5 Å². The van der Waals surface area contributed by atoms with Crippen LogP contribution in [0.5, 0.6) is 5.75 Å². The molecule has 2 rings (SSSR count). The normalized spacial score (nSPS) is 10.5. The van der Waals surface area contributed by atoms with Crippen molar-refractivity contribution in [3.63, 3.8) is 0 Å². The molecule has 0 bridgehead atoms. The molecule has 0 aliphatic heterocycles. The molecule has 0 aliphatic rings. The van der Waals surface area contributed by atoms with E-state index in [-0.39, 0.29) is 5.91 Å². The molecular formula is C12H15N3O2. The van der Waals surface area contributed by atoms with Crippen LogP contribution in [0.25, 0.3) is 10.9 Å². The number of amides is 1. The SMILES string of the molecule is COc1cc(C)c2cn[nH]c2c1CNC(C)=O. The highest BCUT2D eigenvalue weighted by Crippen LogP contribution is 2.29. The number of ether oxygens (including phenoxy) is 1. The van der Waals surface area contributed by atoms with Crippen LogP contribution >= 0.6 is 0 Å². The quantitative estimate of drug-likeness (QED) is 0.844. The number of nitrogens with zero attached hydrogens (tertiary/aromatic N) is 1. The summed E-state index contributed by atoms with van der Waals surface area (Å²) in [5.74, 6) is 0.688. The van der Waals surface area contributed by atoms with E-state index in [0.717, 1.165) is 27.8 Å². The van der Waals surface area contributed by atoms with Gasteiger partial charge in [0.25, 0.3) is 0 Å². The minimum Gasteiger partial charge on any atom is -0.496 e. The maximum Gasteiger partial charge on any atom is 0.217 e. The number of aryl methyl sites for hydroxylation is 1. The monoisotopic (exact) mass is 233 g/mol. The first-order chi connectivity index (χ1) is 8.13. The molecule has 90 valence electrons. The van der Waals surface area contributed by atoms with E-state index in [0.29, 0.717) is 6.54 Å². The Morgan fingerprint density at radius 2 is 2.35 bits per heavy atom. The summed E-state index contributed by atoms with van der Waals surface area (Å²) in [5.41, 5.74) is 2.92. The summed E-state index contributed by atoms with van der Waals surface area (Å²) in [6.07, 6.45) is 1.78. The average molecular weight is 233 g/mol. The Labute approximate surface area is 99.2 Å². The predicted molar refractivity (Wildman–Crippen MR) is 64.9 cm³/mol. The fraction of sp³-hybridized carbons (Fsp3) is 0.333. The summed E-state index contributed by atoms with van der Waals surface area (Å²) in [7, 11) is 1.62. The van der Waals surface area contributed by atoms with Crippen molar-refractivity contribution < 1.29 is 9.53 Å². The Balaban J connectivity index is 2.53. The van der Waals surface area contributed by atoms with Crippen molar-refractivity contribution in [1.29, 1.82) is 0 Å². The first-order valence-corrected chi connectivity index (χ1v) is 5.37. The molecule has 1 aromatic heterocycles. The Hall–Kier alpha value is -2.04. The molecule has 1 amide bonds. The van der Waals surface area contributed by atoms with Gasteiger partial charge in [0.1, 0.15) is 5.75 Å². The van der Waals surface area contributed by atoms with Crippen molar-refractivity contribution in [3.05, 3.63) is 23.4 Å². The molecule has 5 heteroatoms. The number of H-pyrrole nitrogens is 1. The molecule has 1 aromatic carbocycles. The van der Waals surface area contributed by atoms with Crippen molar-refractivity contribution in [2.45, 2.75) is 20.4 Å². The highest BCUT2D eigenvalue weighted by Gasteiger charge is 2.12. The van der Waals surface area contributed by atoms with Crippen LogP contribution in [0.1, 0.15) is 18.1 Å². The van der Waals surface area contributed by atoms with Gasteiger partial charge in [-0.25, -0.2) is 0 Å². The Kier molecular flexibility index (Phi) is 2.99. The predicted octanol–water partition coefficient (Wildman–Crippen LogP) is 1.52. The zero-order valence-corrected chi connectivity index (χ0v) is 10.1. The average Bonchev–Trinajstić information content (AvgIpc) is 2.76. The minimum atomic E-state index is -0.0692. The van der Waals surface area contributed by atoms with Crippen LogP contribution in [0.4, 0.5) is 0 Å². The number of carbonyl (C=O) groups excluding carboxylic acids is 1. The summed E-state index contributed by atoms with van der Waals surface area (Å²) < 4.78 is 5.34. The lowest BCUT2D eigenvalue weighted by Crippen LogP contribution is -2.19. The molecule has 0 spiro atoms. The molecule has 2 N–H and O–H groups in total. The Bertz CT molecular complexity index is 560. The third kappa shape index (κ3) is 2.08. The molecular weight excluding hydrogens is 218 g/mol. The van der Waals surface area contributed by atoms with Crippen LogP contribution in [0, 0.1) is 6.92 Å². The number of nitrogens with one attached hydrogen (secondary N) is 2. The van der Waals surface area contributed by atoms with E-state index < -0.39 is 0 Å². The fourth-order valence-corrected chi connectivity index (χ4v) is 1.87. The number of fused-ring (bicyclic) bond motifs is 1. The lowest BCUT2D eigenvalue weighted by molar-refractivity contribution is -0.119. The van der Waals surface area contributed by atoms with Gasteiger partial charge in [-0.15, -0.1) is 0 Å². The van der Waals surface area contributed by atoms with Crippen molar-refractivity contribution in [2.24, 2.45) is 0 Å². The van der Waals surface area contributed by atoms with Gasteiger partial charge >= 0.3 is 0 Å². The Morgan fingerprint density at radius 3 is 3.00 bits per heavy atom. The van der Waals surface area contributed by atoms with Gasteiger partial charge in [-0.3, -0.25) is 9.89 Å². The molecule has 0 saturated carbocycles. The number of aromatic nitrogens is 2. The van der Waals surface area contributed by atoms with Crippen molar-refractivity contribution in [3.8, 4) is 5.75 Å². The van der Waals surface area contributed by atoms with Crippen LogP contribution in [-0.2, 0) is 11.3 Å². The number of hydrogen-bond acceptors (Lipinski definition) is 3. The number of benzene rings is 1. The molecule has 2 aromatic rings. The summed E-state index contributed by atoms with van der Waals surface area (Å²) in [5, 5.41) is 10.8. The second-order valence-electron chi connectivity index (χ2n) is 3.94. The van der Waals surface area contributed by atoms with Crippen LogP contribution in [0.2, 0.25) is 0 Å². The molecule has 0 aliphatic carbocycles. The van der Waals surface area contributed by atoms with E-state index in [4.69, 9.17) is 4.74 Å². The number of hydrogen-bond donors (Lipinski definition) is 2. The van der Waals surface area contributed by atoms with E-state index in [1.54, 1.807) is 13.3 Å².